The summed E-state index contributed by atoms with van der Waals surface area (Å²) < 4.78 is 5.90. The van der Waals surface area contributed by atoms with Crippen LogP contribution >= 0.6 is 0 Å². The van der Waals surface area contributed by atoms with Crippen molar-refractivity contribution in [2.45, 2.75) is 13.0 Å². The maximum absolute atomic E-state index is 5.90. The van der Waals surface area contributed by atoms with Crippen molar-refractivity contribution >= 4 is 17.5 Å². The first kappa shape index (κ1) is 16.4. The summed E-state index contributed by atoms with van der Waals surface area (Å²) in [4.78, 5) is 19.7. The predicted molar refractivity (Wildman–Crippen MR) is 99.4 cm³/mol. The third kappa shape index (κ3) is 3.62. The van der Waals surface area contributed by atoms with E-state index in [-0.39, 0.29) is 6.10 Å². The van der Waals surface area contributed by atoms with Crippen LogP contribution in [0.2, 0.25) is 0 Å². The molecule has 0 amide bonds. The summed E-state index contributed by atoms with van der Waals surface area (Å²) in [6.45, 7) is 4.10. The predicted octanol–water partition coefficient (Wildman–Crippen LogP) is 2.90. The minimum absolute atomic E-state index is 0.0989. The Hall–Kier alpha value is -3.06. The van der Waals surface area contributed by atoms with Gasteiger partial charge in [0, 0.05) is 25.1 Å². The summed E-state index contributed by atoms with van der Waals surface area (Å²) in [7, 11) is 0. The van der Waals surface area contributed by atoms with Crippen molar-refractivity contribution < 1.29 is 4.74 Å². The lowest BCUT2D eigenvalue weighted by Crippen LogP contribution is -2.39. The average Bonchev–Trinajstić information content (AvgIpc) is 2.71. The van der Waals surface area contributed by atoms with Crippen LogP contribution in [-0.2, 0) is 4.74 Å². The summed E-state index contributed by atoms with van der Waals surface area (Å²) in [5, 5.41) is 3.29. The molecule has 0 unspecified atom stereocenters. The van der Waals surface area contributed by atoms with Crippen molar-refractivity contribution in [1.82, 2.24) is 19.9 Å². The molecule has 7 heteroatoms. The van der Waals surface area contributed by atoms with Crippen LogP contribution in [0, 0.1) is 6.92 Å². The lowest BCUT2D eigenvalue weighted by molar-refractivity contribution is 0.0365. The molecule has 7 nitrogen and oxygen atoms in total. The number of hydrogen-bond donors (Lipinski definition) is 1. The fraction of sp³-hybridized carbons (Fsp3) is 0.263. The average molecular weight is 348 g/mol. The Labute approximate surface area is 152 Å². The van der Waals surface area contributed by atoms with Gasteiger partial charge in [-0.1, -0.05) is 6.07 Å². The van der Waals surface area contributed by atoms with Crippen LogP contribution in [0.15, 0.2) is 55.1 Å². The Balaban J connectivity index is 1.45. The molecule has 0 saturated carbocycles. The van der Waals surface area contributed by atoms with Crippen molar-refractivity contribution in [3.8, 4) is 0 Å². The molecule has 3 aromatic rings. The maximum Gasteiger partial charge on any atom is 0.225 e. The molecule has 26 heavy (non-hydrogen) atoms. The summed E-state index contributed by atoms with van der Waals surface area (Å²) >= 11 is 0. The van der Waals surface area contributed by atoms with E-state index in [1.54, 1.807) is 18.6 Å². The van der Waals surface area contributed by atoms with Crippen LogP contribution in [0.1, 0.15) is 17.4 Å². The van der Waals surface area contributed by atoms with Crippen molar-refractivity contribution in [3.05, 3.63) is 66.4 Å². The van der Waals surface area contributed by atoms with Crippen molar-refractivity contribution in [1.29, 1.82) is 0 Å². The number of nitrogens with one attached hydrogen (secondary N) is 1. The van der Waals surface area contributed by atoms with E-state index < -0.39 is 0 Å². The van der Waals surface area contributed by atoms with Gasteiger partial charge in [0.05, 0.1) is 30.7 Å². The van der Waals surface area contributed by atoms with E-state index in [2.05, 4.69) is 30.2 Å². The third-order valence-corrected chi connectivity index (χ3v) is 4.29. The first-order valence-electron chi connectivity index (χ1n) is 8.58. The van der Waals surface area contributed by atoms with Gasteiger partial charge in [-0.3, -0.25) is 4.98 Å². The molecule has 0 aliphatic carbocycles. The molecule has 3 aromatic heterocycles. The van der Waals surface area contributed by atoms with E-state index in [4.69, 9.17) is 4.74 Å². The number of morpholine rings is 1. The first-order chi connectivity index (χ1) is 12.8. The number of aryl methyl sites for hydroxylation is 1. The van der Waals surface area contributed by atoms with Gasteiger partial charge in [-0.15, -0.1) is 0 Å². The zero-order valence-corrected chi connectivity index (χ0v) is 14.5. The van der Waals surface area contributed by atoms with Gasteiger partial charge in [0.1, 0.15) is 11.9 Å². The highest BCUT2D eigenvalue weighted by atomic mass is 16.5. The van der Waals surface area contributed by atoms with Gasteiger partial charge < -0.3 is 15.0 Å². The molecule has 1 N–H and O–H groups in total. The number of aromatic nitrogens is 4. The Bertz CT molecular complexity index is 855. The molecule has 1 aliphatic heterocycles. The minimum Gasteiger partial charge on any atom is -0.368 e. The zero-order valence-electron chi connectivity index (χ0n) is 14.5. The fourth-order valence-corrected chi connectivity index (χ4v) is 2.89. The largest absolute Gasteiger partial charge is 0.368 e. The van der Waals surface area contributed by atoms with Gasteiger partial charge in [0.25, 0.3) is 0 Å². The molecule has 1 fully saturated rings. The van der Waals surface area contributed by atoms with Crippen molar-refractivity contribution in [2.75, 3.05) is 29.9 Å². The van der Waals surface area contributed by atoms with E-state index in [0.29, 0.717) is 13.2 Å². The standard InChI is InChI=1S/C19H20N6O/c1-14-4-2-7-20-18(14)24-15-5-6-16(23-12-15)17-13-25(10-11-26-17)19-21-8-3-9-22-19/h2-9,12,17H,10-11,13H2,1H3,(H,20,24)/t17-/m1/s1. The molecular weight excluding hydrogens is 328 g/mol. The van der Waals surface area contributed by atoms with Gasteiger partial charge in [-0.25, -0.2) is 15.0 Å². The van der Waals surface area contributed by atoms with Gasteiger partial charge in [-0.05, 0) is 36.8 Å². The third-order valence-electron chi connectivity index (χ3n) is 4.29. The topological polar surface area (TPSA) is 76.1 Å². The molecule has 1 aliphatic rings. The molecule has 0 spiro atoms. The van der Waals surface area contributed by atoms with E-state index in [9.17, 15) is 0 Å². The fourth-order valence-electron chi connectivity index (χ4n) is 2.89. The van der Waals surface area contributed by atoms with Gasteiger partial charge in [0.2, 0.25) is 5.95 Å². The number of anilines is 3. The Kier molecular flexibility index (Phi) is 4.70. The quantitative estimate of drug-likeness (QED) is 0.777. The van der Waals surface area contributed by atoms with Gasteiger partial charge >= 0.3 is 0 Å². The highest BCUT2D eigenvalue weighted by Gasteiger charge is 2.24. The summed E-state index contributed by atoms with van der Waals surface area (Å²) in [6.07, 6.45) is 6.99. The van der Waals surface area contributed by atoms with E-state index in [1.807, 2.05) is 43.5 Å². The number of ether oxygens (including phenoxy) is 1. The second-order valence-electron chi connectivity index (χ2n) is 6.12. The van der Waals surface area contributed by atoms with Crippen LogP contribution in [0.5, 0.6) is 0 Å². The van der Waals surface area contributed by atoms with Crippen LogP contribution in [0.4, 0.5) is 17.5 Å². The summed E-state index contributed by atoms with van der Waals surface area (Å²) in [5.74, 6) is 1.56. The lowest BCUT2D eigenvalue weighted by Gasteiger charge is -2.32. The highest BCUT2D eigenvalue weighted by Crippen LogP contribution is 2.24. The van der Waals surface area contributed by atoms with E-state index in [1.165, 1.54) is 0 Å². The molecule has 0 radical (unpaired) electrons. The van der Waals surface area contributed by atoms with Gasteiger partial charge in [-0.2, -0.15) is 0 Å². The van der Waals surface area contributed by atoms with Crippen molar-refractivity contribution in [2.24, 2.45) is 0 Å². The highest BCUT2D eigenvalue weighted by molar-refractivity contribution is 5.57. The van der Waals surface area contributed by atoms with Crippen LogP contribution in [0.25, 0.3) is 0 Å². The summed E-state index contributed by atoms with van der Waals surface area (Å²) in [5.41, 5.74) is 2.88. The Morgan fingerprint density at radius 1 is 1.04 bits per heavy atom. The molecule has 0 bridgehead atoms. The molecule has 1 atom stereocenters. The second kappa shape index (κ2) is 7.45. The molecule has 4 heterocycles. The zero-order chi connectivity index (χ0) is 17.8. The minimum atomic E-state index is -0.0989. The Morgan fingerprint density at radius 3 is 2.65 bits per heavy atom. The smallest absolute Gasteiger partial charge is 0.225 e. The molecular formula is C19H20N6O. The van der Waals surface area contributed by atoms with Crippen LogP contribution in [-0.4, -0.2) is 39.6 Å². The van der Waals surface area contributed by atoms with Crippen LogP contribution < -0.4 is 10.2 Å². The van der Waals surface area contributed by atoms with E-state index >= 15 is 0 Å². The van der Waals surface area contributed by atoms with Crippen molar-refractivity contribution in [3.63, 3.8) is 0 Å². The Morgan fingerprint density at radius 2 is 1.88 bits per heavy atom. The molecule has 4 rings (SSSR count). The second-order valence-corrected chi connectivity index (χ2v) is 6.12. The number of hydrogen-bond acceptors (Lipinski definition) is 7. The number of nitrogens with zero attached hydrogens (tertiary/aromatic N) is 5. The maximum atomic E-state index is 5.90. The normalized spacial score (nSPS) is 17.1. The molecule has 0 aromatic carbocycles. The molecule has 132 valence electrons. The number of pyridine rings is 2. The van der Waals surface area contributed by atoms with Crippen LogP contribution in [0.3, 0.4) is 0 Å². The first-order valence-corrected chi connectivity index (χ1v) is 8.58. The SMILES string of the molecule is Cc1cccnc1Nc1ccc([C@H]2CN(c3ncccn3)CCO2)nc1. The van der Waals surface area contributed by atoms with E-state index in [0.717, 1.165) is 35.3 Å². The van der Waals surface area contributed by atoms with Gasteiger partial charge in [0.15, 0.2) is 0 Å². The molecule has 1 saturated heterocycles. The lowest BCUT2D eigenvalue weighted by atomic mass is 10.2. The summed E-state index contributed by atoms with van der Waals surface area (Å²) in [6, 6.07) is 9.74. The number of rotatable bonds is 4. The monoisotopic (exact) mass is 348 g/mol.